The number of carbonyl (C=O) groups excluding carboxylic acids is 1. The lowest BCUT2D eigenvalue weighted by Gasteiger charge is -2.23. The van der Waals surface area contributed by atoms with Gasteiger partial charge in [0.1, 0.15) is 12.4 Å². The van der Waals surface area contributed by atoms with E-state index in [-0.39, 0.29) is 18.0 Å². The molecule has 0 radical (unpaired) electrons. The van der Waals surface area contributed by atoms with Gasteiger partial charge in [0.2, 0.25) is 5.91 Å². The highest BCUT2D eigenvalue weighted by Crippen LogP contribution is 2.27. The van der Waals surface area contributed by atoms with Crippen LogP contribution in [0, 0.1) is 0 Å². The Balaban J connectivity index is 1.67. The quantitative estimate of drug-likeness (QED) is 0.457. The molecule has 0 aliphatic carbocycles. The second-order valence-corrected chi connectivity index (χ2v) is 7.54. The number of aliphatic imine (C=N–C) groups is 1. The van der Waals surface area contributed by atoms with Gasteiger partial charge in [-0.3, -0.25) is 9.79 Å². The van der Waals surface area contributed by atoms with Crippen LogP contribution in [-0.2, 0) is 4.74 Å². The molecule has 1 heterocycles. The minimum atomic E-state index is -0.515. The second kappa shape index (κ2) is 10.6. The summed E-state index contributed by atoms with van der Waals surface area (Å²) in [4.78, 5) is 16.0. The van der Waals surface area contributed by atoms with Crippen LogP contribution in [-0.4, -0.2) is 37.7 Å². The van der Waals surface area contributed by atoms with Crippen LogP contribution in [0.2, 0.25) is 0 Å². The van der Waals surface area contributed by atoms with Crippen molar-refractivity contribution in [1.29, 1.82) is 0 Å². The maximum absolute atomic E-state index is 11.6. The van der Waals surface area contributed by atoms with Crippen LogP contribution in [0.4, 0.5) is 5.69 Å². The van der Waals surface area contributed by atoms with Crippen molar-refractivity contribution in [2.75, 3.05) is 25.1 Å². The molecule has 7 nitrogen and oxygen atoms in total. The Hall–Kier alpha value is -3.06. The standard InChI is InChI=1S/C23H30N4O3/c1-16(17-7-3-2-4-8-17)14-26-23(25)27-20-11-10-18(22(24)28)13-21(20)30-15-19-9-5-6-12-29-19/h2-4,7-8,10-11,13,16,19H,5-6,9,12,14-15H2,1H3,(H2,24,28)(H3,25,26,27). The Morgan fingerprint density at radius 3 is 2.73 bits per heavy atom. The van der Waals surface area contributed by atoms with Crippen molar-refractivity contribution in [2.45, 2.75) is 38.2 Å². The largest absolute Gasteiger partial charge is 0.489 e. The van der Waals surface area contributed by atoms with Gasteiger partial charge in [0.25, 0.3) is 0 Å². The van der Waals surface area contributed by atoms with Crippen molar-refractivity contribution >= 4 is 17.6 Å². The Labute approximate surface area is 177 Å². The number of guanidine groups is 1. The monoisotopic (exact) mass is 410 g/mol. The SMILES string of the molecule is CC(CN=C(N)Nc1ccc(C(N)=O)cc1OCC1CCCCO1)c1ccccc1. The lowest BCUT2D eigenvalue weighted by molar-refractivity contribution is -0.0109. The molecule has 1 fully saturated rings. The molecule has 2 atom stereocenters. The number of carbonyl (C=O) groups is 1. The van der Waals surface area contributed by atoms with Gasteiger partial charge in [0, 0.05) is 24.6 Å². The van der Waals surface area contributed by atoms with Crippen LogP contribution in [0.5, 0.6) is 5.75 Å². The molecule has 2 aromatic rings. The number of ether oxygens (including phenoxy) is 2. The van der Waals surface area contributed by atoms with Gasteiger partial charge >= 0.3 is 0 Å². The van der Waals surface area contributed by atoms with E-state index in [0.29, 0.717) is 30.2 Å². The average Bonchev–Trinajstić information content (AvgIpc) is 2.78. The summed E-state index contributed by atoms with van der Waals surface area (Å²) in [5, 5.41) is 3.08. The molecule has 1 saturated heterocycles. The third kappa shape index (κ3) is 6.22. The zero-order valence-electron chi connectivity index (χ0n) is 17.3. The third-order valence-corrected chi connectivity index (χ3v) is 5.13. The first kappa shape index (κ1) is 21.6. The summed E-state index contributed by atoms with van der Waals surface area (Å²) < 4.78 is 11.7. The van der Waals surface area contributed by atoms with Crippen LogP contribution in [0.3, 0.4) is 0 Å². The van der Waals surface area contributed by atoms with E-state index >= 15 is 0 Å². The molecule has 0 bridgehead atoms. The Bertz CT molecular complexity index is 864. The maximum atomic E-state index is 11.6. The molecule has 0 saturated carbocycles. The summed E-state index contributed by atoms with van der Waals surface area (Å²) in [6.07, 6.45) is 3.20. The highest BCUT2D eigenvalue weighted by molar-refractivity contribution is 5.97. The molecule has 160 valence electrons. The number of anilines is 1. The Kier molecular flexibility index (Phi) is 7.68. The van der Waals surface area contributed by atoms with Crippen molar-refractivity contribution in [1.82, 2.24) is 0 Å². The molecule has 30 heavy (non-hydrogen) atoms. The lowest BCUT2D eigenvalue weighted by atomic mass is 10.0. The topological polar surface area (TPSA) is 112 Å². The van der Waals surface area contributed by atoms with Crippen LogP contribution in [0.15, 0.2) is 53.5 Å². The van der Waals surface area contributed by atoms with E-state index in [1.54, 1.807) is 18.2 Å². The Morgan fingerprint density at radius 2 is 2.03 bits per heavy atom. The van der Waals surface area contributed by atoms with E-state index in [4.69, 9.17) is 20.9 Å². The average molecular weight is 411 g/mol. The molecule has 3 rings (SSSR count). The highest BCUT2D eigenvalue weighted by Gasteiger charge is 2.16. The molecule has 1 aliphatic rings. The van der Waals surface area contributed by atoms with Crippen LogP contribution < -0.4 is 21.5 Å². The fourth-order valence-electron chi connectivity index (χ4n) is 3.32. The zero-order chi connectivity index (χ0) is 21.3. The molecule has 2 unspecified atom stereocenters. The van der Waals surface area contributed by atoms with Crippen LogP contribution >= 0.6 is 0 Å². The van der Waals surface area contributed by atoms with Crippen molar-refractivity contribution in [3.05, 3.63) is 59.7 Å². The number of hydrogen-bond acceptors (Lipinski definition) is 4. The number of nitrogens with two attached hydrogens (primary N) is 2. The Morgan fingerprint density at radius 1 is 1.23 bits per heavy atom. The van der Waals surface area contributed by atoms with Gasteiger partial charge in [-0.15, -0.1) is 0 Å². The van der Waals surface area contributed by atoms with Gasteiger partial charge in [-0.05, 0) is 43.0 Å². The number of nitrogens with zero attached hydrogens (tertiary/aromatic N) is 1. The van der Waals surface area contributed by atoms with Gasteiger partial charge in [-0.25, -0.2) is 0 Å². The number of hydrogen-bond donors (Lipinski definition) is 3. The van der Waals surface area contributed by atoms with Gasteiger partial charge < -0.3 is 26.3 Å². The molecular formula is C23H30N4O3. The lowest BCUT2D eigenvalue weighted by Crippen LogP contribution is -2.27. The first-order chi connectivity index (χ1) is 14.5. The van der Waals surface area contributed by atoms with Gasteiger partial charge in [0.05, 0.1) is 11.8 Å². The van der Waals surface area contributed by atoms with Crippen molar-refractivity contribution in [3.63, 3.8) is 0 Å². The molecule has 0 aromatic heterocycles. The molecular weight excluding hydrogens is 380 g/mol. The van der Waals surface area contributed by atoms with E-state index in [1.807, 2.05) is 18.2 Å². The van der Waals surface area contributed by atoms with E-state index < -0.39 is 5.91 Å². The van der Waals surface area contributed by atoms with E-state index in [2.05, 4.69) is 29.4 Å². The zero-order valence-corrected chi connectivity index (χ0v) is 17.3. The molecule has 5 N–H and O–H groups in total. The number of rotatable bonds is 8. The number of benzene rings is 2. The smallest absolute Gasteiger partial charge is 0.248 e. The van der Waals surface area contributed by atoms with E-state index in [9.17, 15) is 4.79 Å². The van der Waals surface area contributed by atoms with Crippen molar-refractivity contribution in [3.8, 4) is 5.75 Å². The fourth-order valence-corrected chi connectivity index (χ4v) is 3.32. The number of primary amides is 1. The fraction of sp³-hybridized carbons (Fsp3) is 0.391. The van der Waals surface area contributed by atoms with Crippen molar-refractivity contribution < 1.29 is 14.3 Å². The van der Waals surface area contributed by atoms with Gasteiger partial charge in [-0.1, -0.05) is 37.3 Å². The molecule has 2 aromatic carbocycles. The van der Waals surface area contributed by atoms with Crippen LogP contribution in [0.25, 0.3) is 0 Å². The first-order valence-corrected chi connectivity index (χ1v) is 10.3. The molecule has 1 amide bonds. The first-order valence-electron chi connectivity index (χ1n) is 10.3. The number of nitrogens with one attached hydrogen (secondary N) is 1. The van der Waals surface area contributed by atoms with Gasteiger partial charge in [0.15, 0.2) is 5.96 Å². The second-order valence-electron chi connectivity index (χ2n) is 7.54. The van der Waals surface area contributed by atoms with Gasteiger partial charge in [-0.2, -0.15) is 0 Å². The summed E-state index contributed by atoms with van der Waals surface area (Å²) in [6.45, 7) is 3.81. The van der Waals surface area contributed by atoms with Crippen molar-refractivity contribution in [2.24, 2.45) is 16.5 Å². The summed E-state index contributed by atoms with van der Waals surface area (Å²) in [7, 11) is 0. The summed E-state index contributed by atoms with van der Waals surface area (Å²) in [5.41, 5.74) is 13.7. The highest BCUT2D eigenvalue weighted by atomic mass is 16.5. The predicted octanol–water partition coefficient (Wildman–Crippen LogP) is 3.26. The maximum Gasteiger partial charge on any atom is 0.248 e. The third-order valence-electron chi connectivity index (χ3n) is 5.13. The predicted molar refractivity (Wildman–Crippen MR) is 119 cm³/mol. The minimum Gasteiger partial charge on any atom is -0.489 e. The molecule has 0 spiro atoms. The van der Waals surface area contributed by atoms with Crippen LogP contribution in [0.1, 0.15) is 48.0 Å². The van der Waals surface area contributed by atoms with E-state index in [0.717, 1.165) is 25.9 Å². The summed E-state index contributed by atoms with van der Waals surface area (Å²) in [5.74, 6) is 0.500. The number of amides is 1. The summed E-state index contributed by atoms with van der Waals surface area (Å²) >= 11 is 0. The summed E-state index contributed by atoms with van der Waals surface area (Å²) in [6, 6.07) is 15.1. The van der Waals surface area contributed by atoms with E-state index in [1.165, 1.54) is 5.56 Å². The molecule has 7 heteroatoms. The molecule has 1 aliphatic heterocycles. The normalized spacial score (nSPS) is 17.9. The minimum absolute atomic E-state index is 0.0431.